The third-order valence-corrected chi connectivity index (χ3v) is 4.18. The maximum atomic E-state index is 12.6. The van der Waals surface area contributed by atoms with Gasteiger partial charge in [0, 0.05) is 11.1 Å². The predicted octanol–water partition coefficient (Wildman–Crippen LogP) is 5.16. The molecule has 2 aromatic carbocycles. The lowest BCUT2D eigenvalue weighted by molar-refractivity contribution is 0.251. The van der Waals surface area contributed by atoms with Gasteiger partial charge in [-0.25, -0.2) is 4.79 Å². The Hall–Kier alpha value is -2.62. The number of anilines is 1. The van der Waals surface area contributed by atoms with Crippen LogP contribution >= 0.6 is 0 Å². The number of fused-ring (bicyclic) bond motifs is 1. The third-order valence-electron chi connectivity index (χ3n) is 4.18. The Labute approximate surface area is 142 Å². The normalized spacial score (nSPS) is 10.9. The fraction of sp³-hybridized carbons (Fsp3) is 0.300. The van der Waals surface area contributed by atoms with Gasteiger partial charge in [-0.2, -0.15) is 9.78 Å². The van der Waals surface area contributed by atoms with Crippen molar-refractivity contribution in [1.29, 1.82) is 0 Å². The highest BCUT2D eigenvalue weighted by Gasteiger charge is 2.15. The quantitative estimate of drug-likeness (QED) is 0.660. The van der Waals surface area contributed by atoms with Crippen LogP contribution in [0, 0.1) is 6.92 Å². The zero-order chi connectivity index (χ0) is 16.9. The van der Waals surface area contributed by atoms with Gasteiger partial charge >= 0.3 is 6.03 Å². The first kappa shape index (κ1) is 16.2. The van der Waals surface area contributed by atoms with Crippen LogP contribution in [0.3, 0.4) is 0 Å². The highest BCUT2D eigenvalue weighted by atomic mass is 16.2. The van der Waals surface area contributed by atoms with Crippen molar-refractivity contribution in [3.8, 4) is 0 Å². The Morgan fingerprint density at radius 2 is 1.83 bits per heavy atom. The monoisotopic (exact) mass is 321 g/mol. The Bertz CT molecular complexity index is 834. The summed E-state index contributed by atoms with van der Waals surface area (Å²) in [6.07, 6.45) is 4.35. The van der Waals surface area contributed by atoms with Crippen molar-refractivity contribution in [3.63, 3.8) is 0 Å². The van der Waals surface area contributed by atoms with Crippen LogP contribution in [0.1, 0.15) is 37.4 Å². The van der Waals surface area contributed by atoms with Crippen LogP contribution in [0.15, 0.2) is 48.5 Å². The Morgan fingerprint density at radius 1 is 1.08 bits per heavy atom. The minimum absolute atomic E-state index is 0.225. The number of aryl methyl sites for hydroxylation is 2. The summed E-state index contributed by atoms with van der Waals surface area (Å²) in [5.74, 6) is 0. The van der Waals surface area contributed by atoms with Gasteiger partial charge in [0.15, 0.2) is 0 Å². The standard InChI is InChI=1S/C20H23N3O/c1-3-4-5-9-18-17-8-6-7-10-19(17)23(22-18)20(24)21-16-13-11-15(2)12-14-16/h6-8,10-14H,3-5,9H2,1-2H3,(H,21,24). The van der Waals surface area contributed by atoms with Crippen LogP contribution in [-0.2, 0) is 6.42 Å². The minimum Gasteiger partial charge on any atom is -0.306 e. The summed E-state index contributed by atoms with van der Waals surface area (Å²) in [6.45, 7) is 4.21. The van der Waals surface area contributed by atoms with Gasteiger partial charge in [-0.05, 0) is 38.0 Å². The molecule has 124 valence electrons. The van der Waals surface area contributed by atoms with Crippen molar-refractivity contribution in [2.75, 3.05) is 5.32 Å². The SMILES string of the molecule is CCCCCc1nn(C(=O)Nc2ccc(C)cc2)c2ccccc12. The largest absolute Gasteiger partial charge is 0.347 e. The first-order valence-electron chi connectivity index (χ1n) is 8.53. The maximum absolute atomic E-state index is 12.6. The predicted molar refractivity (Wildman–Crippen MR) is 98.6 cm³/mol. The van der Waals surface area contributed by atoms with E-state index in [-0.39, 0.29) is 6.03 Å². The number of hydrogen-bond donors (Lipinski definition) is 1. The molecule has 0 fully saturated rings. The molecular formula is C20H23N3O. The second-order valence-electron chi connectivity index (χ2n) is 6.13. The number of rotatable bonds is 5. The second kappa shape index (κ2) is 7.30. The van der Waals surface area contributed by atoms with Gasteiger partial charge in [-0.1, -0.05) is 55.7 Å². The summed E-state index contributed by atoms with van der Waals surface area (Å²) in [5, 5.41) is 8.56. The van der Waals surface area contributed by atoms with Gasteiger partial charge in [0.25, 0.3) is 0 Å². The molecule has 24 heavy (non-hydrogen) atoms. The lowest BCUT2D eigenvalue weighted by atomic mass is 10.1. The number of nitrogens with zero attached hydrogens (tertiary/aromatic N) is 2. The number of amides is 1. The van der Waals surface area contributed by atoms with Crippen LogP contribution in [0.5, 0.6) is 0 Å². The molecule has 0 spiro atoms. The zero-order valence-electron chi connectivity index (χ0n) is 14.2. The Kier molecular flexibility index (Phi) is 4.94. The zero-order valence-corrected chi connectivity index (χ0v) is 14.2. The average Bonchev–Trinajstić information content (AvgIpc) is 2.96. The molecule has 0 atom stereocenters. The molecule has 0 radical (unpaired) electrons. The fourth-order valence-electron chi connectivity index (χ4n) is 2.83. The van der Waals surface area contributed by atoms with Crippen molar-refractivity contribution < 1.29 is 4.79 Å². The van der Waals surface area contributed by atoms with Gasteiger partial charge in [0.05, 0.1) is 11.2 Å². The Balaban J connectivity index is 1.87. The van der Waals surface area contributed by atoms with Crippen LogP contribution in [0.25, 0.3) is 10.9 Å². The lowest BCUT2D eigenvalue weighted by Crippen LogP contribution is -2.20. The van der Waals surface area contributed by atoms with E-state index in [2.05, 4.69) is 17.3 Å². The van der Waals surface area contributed by atoms with Crippen molar-refractivity contribution >= 4 is 22.6 Å². The number of unbranched alkanes of at least 4 members (excludes halogenated alkanes) is 2. The van der Waals surface area contributed by atoms with Gasteiger partial charge in [-0.15, -0.1) is 0 Å². The molecular weight excluding hydrogens is 298 g/mol. The van der Waals surface area contributed by atoms with Crippen LogP contribution in [-0.4, -0.2) is 15.8 Å². The van der Waals surface area contributed by atoms with E-state index < -0.39 is 0 Å². The van der Waals surface area contributed by atoms with Crippen LogP contribution < -0.4 is 5.32 Å². The van der Waals surface area contributed by atoms with E-state index in [1.54, 1.807) is 0 Å². The fourth-order valence-corrected chi connectivity index (χ4v) is 2.83. The third kappa shape index (κ3) is 3.48. The van der Waals surface area contributed by atoms with E-state index in [1.165, 1.54) is 17.5 Å². The van der Waals surface area contributed by atoms with Crippen molar-refractivity contribution in [1.82, 2.24) is 9.78 Å². The van der Waals surface area contributed by atoms with Gasteiger partial charge in [0.1, 0.15) is 0 Å². The summed E-state index contributed by atoms with van der Waals surface area (Å²) in [7, 11) is 0. The van der Waals surface area contributed by atoms with Crippen LogP contribution in [0.2, 0.25) is 0 Å². The topological polar surface area (TPSA) is 46.9 Å². The molecule has 4 heteroatoms. The number of carbonyl (C=O) groups excluding carboxylic acids is 1. The number of para-hydroxylation sites is 1. The molecule has 3 aromatic rings. The molecule has 0 unspecified atom stereocenters. The highest BCUT2D eigenvalue weighted by molar-refractivity contribution is 5.98. The summed E-state index contributed by atoms with van der Waals surface area (Å²) in [5.41, 5.74) is 3.79. The van der Waals surface area contributed by atoms with Crippen molar-refractivity contribution in [3.05, 3.63) is 59.8 Å². The molecule has 0 saturated heterocycles. The molecule has 0 aliphatic carbocycles. The molecule has 0 bridgehead atoms. The molecule has 4 nitrogen and oxygen atoms in total. The molecule has 0 aliphatic rings. The first-order chi connectivity index (χ1) is 11.7. The van der Waals surface area contributed by atoms with E-state index in [1.807, 2.05) is 55.5 Å². The average molecular weight is 321 g/mol. The van der Waals surface area contributed by atoms with E-state index in [0.29, 0.717) is 0 Å². The van der Waals surface area contributed by atoms with Crippen molar-refractivity contribution in [2.45, 2.75) is 39.5 Å². The summed E-state index contributed by atoms with van der Waals surface area (Å²) < 4.78 is 1.48. The number of hydrogen-bond acceptors (Lipinski definition) is 2. The number of nitrogens with one attached hydrogen (secondary N) is 1. The van der Waals surface area contributed by atoms with Crippen LogP contribution in [0.4, 0.5) is 10.5 Å². The van der Waals surface area contributed by atoms with E-state index in [0.717, 1.165) is 40.7 Å². The highest BCUT2D eigenvalue weighted by Crippen LogP contribution is 2.21. The molecule has 1 aromatic heterocycles. The Morgan fingerprint density at radius 3 is 2.58 bits per heavy atom. The number of benzene rings is 2. The molecule has 3 rings (SSSR count). The smallest absolute Gasteiger partial charge is 0.306 e. The molecule has 1 heterocycles. The summed E-state index contributed by atoms with van der Waals surface area (Å²) in [6, 6.07) is 15.5. The summed E-state index contributed by atoms with van der Waals surface area (Å²) >= 11 is 0. The van der Waals surface area contributed by atoms with Gasteiger partial charge < -0.3 is 5.32 Å². The van der Waals surface area contributed by atoms with Gasteiger partial charge in [0.2, 0.25) is 0 Å². The van der Waals surface area contributed by atoms with E-state index >= 15 is 0 Å². The maximum Gasteiger partial charge on any atom is 0.347 e. The van der Waals surface area contributed by atoms with Crippen molar-refractivity contribution in [2.24, 2.45) is 0 Å². The summed E-state index contributed by atoms with van der Waals surface area (Å²) in [4.78, 5) is 12.6. The number of aromatic nitrogens is 2. The molecule has 1 amide bonds. The lowest BCUT2D eigenvalue weighted by Gasteiger charge is -2.06. The van der Waals surface area contributed by atoms with E-state index in [4.69, 9.17) is 0 Å². The second-order valence-corrected chi connectivity index (χ2v) is 6.13. The first-order valence-corrected chi connectivity index (χ1v) is 8.53. The minimum atomic E-state index is -0.225. The molecule has 0 aliphatic heterocycles. The van der Waals surface area contributed by atoms with E-state index in [9.17, 15) is 4.79 Å². The number of carbonyl (C=O) groups is 1. The van der Waals surface area contributed by atoms with Gasteiger partial charge in [-0.3, -0.25) is 0 Å². The molecule has 0 saturated carbocycles. The molecule has 1 N–H and O–H groups in total.